The number of rotatable bonds is 9. The largest absolute Gasteiger partial charge is 0.493 e. The molecule has 0 heterocycles. The van der Waals surface area contributed by atoms with Crippen molar-refractivity contribution in [2.75, 3.05) is 26.8 Å². The monoisotopic (exact) mass is 294 g/mol. The minimum Gasteiger partial charge on any atom is -0.493 e. The van der Waals surface area contributed by atoms with E-state index in [9.17, 15) is 4.79 Å². The minimum absolute atomic E-state index is 0.0281. The van der Waals surface area contributed by atoms with E-state index in [1.165, 1.54) is 0 Å². The van der Waals surface area contributed by atoms with Gasteiger partial charge in [0.2, 0.25) is 5.91 Å². The van der Waals surface area contributed by atoms with Crippen molar-refractivity contribution in [1.29, 1.82) is 0 Å². The van der Waals surface area contributed by atoms with Crippen LogP contribution in [0, 0.1) is 5.92 Å². The summed E-state index contributed by atoms with van der Waals surface area (Å²) in [5, 5.41) is 6.16. The van der Waals surface area contributed by atoms with Crippen molar-refractivity contribution in [2.45, 2.75) is 27.3 Å². The normalized spacial score (nSPS) is 10.5. The Morgan fingerprint density at radius 2 is 2.00 bits per heavy atom. The minimum atomic E-state index is 0.0281. The number of carbonyl (C=O) groups is 1. The van der Waals surface area contributed by atoms with E-state index >= 15 is 0 Å². The highest BCUT2D eigenvalue weighted by molar-refractivity contribution is 5.77. The summed E-state index contributed by atoms with van der Waals surface area (Å²) in [4.78, 5) is 11.4. The smallest absolute Gasteiger partial charge is 0.222 e. The van der Waals surface area contributed by atoms with Crippen LogP contribution in [0.5, 0.6) is 11.5 Å². The maximum atomic E-state index is 11.4. The highest BCUT2D eigenvalue weighted by Gasteiger charge is 2.06. The van der Waals surface area contributed by atoms with E-state index in [1.54, 1.807) is 7.11 Å². The van der Waals surface area contributed by atoms with Gasteiger partial charge in [-0.2, -0.15) is 0 Å². The van der Waals surface area contributed by atoms with Gasteiger partial charge in [-0.1, -0.05) is 19.9 Å². The number of nitrogens with one attached hydrogen (secondary N) is 2. The molecular formula is C16H26N2O3. The zero-order chi connectivity index (χ0) is 15.7. The van der Waals surface area contributed by atoms with E-state index in [1.807, 2.05) is 39.0 Å². The van der Waals surface area contributed by atoms with Crippen LogP contribution >= 0.6 is 0 Å². The van der Waals surface area contributed by atoms with Crippen molar-refractivity contribution in [2.24, 2.45) is 5.92 Å². The SMILES string of the molecule is CCOc1ccc(CNCCNC(=O)C(C)C)cc1OC. The lowest BCUT2D eigenvalue weighted by atomic mass is 10.2. The van der Waals surface area contributed by atoms with Gasteiger partial charge in [-0.3, -0.25) is 4.79 Å². The van der Waals surface area contributed by atoms with Crippen molar-refractivity contribution in [3.05, 3.63) is 23.8 Å². The molecule has 118 valence electrons. The topological polar surface area (TPSA) is 59.6 Å². The molecule has 5 heteroatoms. The summed E-state index contributed by atoms with van der Waals surface area (Å²) in [5.41, 5.74) is 1.12. The molecule has 0 radical (unpaired) electrons. The Labute approximate surface area is 127 Å². The Balaban J connectivity index is 2.37. The molecule has 0 unspecified atom stereocenters. The van der Waals surface area contributed by atoms with E-state index in [0.717, 1.165) is 30.2 Å². The van der Waals surface area contributed by atoms with Crippen LogP contribution < -0.4 is 20.1 Å². The number of amides is 1. The van der Waals surface area contributed by atoms with Crippen LogP contribution in [-0.4, -0.2) is 32.7 Å². The average Bonchev–Trinajstić information content (AvgIpc) is 2.48. The van der Waals surface area contributed by atoms with Gasteiger partial charge in [0.1, 0.15) is 0 Å². The van der Waals surface area contributed by atoms with Gasteiger partial charge in [0.25, 0.3) is 0 Å². The van der Waals surface area contributed by atoms with E-state index in [4.69, 9.17) is 9.47 Å². The summed E-state index contributed by atoms with van der Waals surface area (Å²) in [6.45, 7) is 8.41. The fourth-order valence-electron chi connectivity index (χ4n) is 1.81. The van der Waals surface area contributed by atoms with E-state index in [-0.39, 0.29) is 11.8 Å². The van der Waals surface area contributed by atoms with Crippen molar-refractivity contribution >= 4 is 5.91 Å². The molecule has 0 aliphatic carbocycles. The zero-order valence-electron chi connectivity index (χ0n) is 13.4. The van der Waals surface area contributed by atoms with Gasteiger partial charge in [-0.15, -0.1) is 0 Å². The molecule has 0 bridgehead atoms. The molecule has 0 spiro atoms. The molecule has 0 saturated carbocycles. The van der Waals surface area contributed by atoms with E-state index in [2.05, 4.69) is 10.6 Å². The molecular weight excluding hydrogens is 268 g/mol. The first-order chi connectivity index (χ1) is 10.1. The highest BCUT2D eigenvalue weighted by atomic mass is 16.5. The lowest BCUT2D eigenvalue weighted by Crippen LogP contribution is -2.34. The van der Waals surface area contributed by atoms with Crippen molar-refractivity contribution in [1.82, 2.24) is 10.6 Å². The summed E-state index contributed by atoms with van der Waals surface area (Å²) < 4.78 is 10.8. The lowest BCUT2D eigenvalue weighted by molar-refractivity contribution is -0.123. The molecule has 21 heavy (non-hydrogen) atoms. The first-order valence-electron chi connectivity index (χ1n) is 7.36. The molecule has 1 aromatic rings. The van der Waals surface area contributed by atoms with Crippen molar-refractivity contribution in [3.63, 3.8) is 0 Å². The van der Waals surface area contributed by atoms with Gasteiger partial charge in [0, 0.05) is 25.6 Å². The van der Waals surface area contributed by atoms with Crippen molar-refractivity contribution < 1.29 is 14.3 Å². The van der Waals surface area contributed by atoms with Crippen LogP contribution in [-0.2, 0) is 11.3 Å². The highest BCUT2D eigenvalue weighted by Crippen LogP contribution is 2.27. The molecule has 1 aromatic carbocycles. The number of benzene rings is 1. The zero-order valence-corrected chi connectivity index (χ0v) is 13.4. The molecule has 1 amide bonds. The maximum absolute atomic E-state index is 11.4. The third-order valence-electron chi connectivity index (χ3n) is 2.98. The van der Waals surface area contributed by atoms with E-state index < -0.39 is 0 Å². The first kappa shape index (κ1) is 17.3. The van der Waals surface area contributed by atoms with Gasteiger partial charge >= 0.3 is 0 Å². The third kappa shape index (κ3) is 6.04. The number of ether oxygens (including phenoxy) is 2. The summed E-state index contributed by atoms with van der Waals surface area (Å²) >= 11 is 0. The van der Waals surface area contributed by atoms with Crippen LogP contribution in [0.2, 0.25) is 0 Å². The van der Waals surface area contributed by atoms with Gasteiger partial charge in [-0.25, -0.2) is 0 Å². The Kier molecular flexibility index (Phi) is 7.61. The Morgan fingerprint density at radius 3 is 2.62 bits per heavy atom. The van der Waals surface area contributed by atoms with Crippen LogP contribution in [0.1, 0.15) is 26.3 Å². The van der Waals surface area contributed by atoms with Gasteiger partial charge in [0.05, 0.1) is 13.7 Å². The predicted molar refractivity (Wildman–Crippen MR) is 83.7 cm³/mol. The predicted octanol–water partition coefficient (Wildman–Crippen LogP) is 1.96. The fraction of sp³-hybridized carbons (Fsp3) is 0.562. The first-order valence-corrected chi connectivity index (χ1v) is 7.36. The molecule has 0 aliphatic heterocycles. The quantitative estimate of drug-likeness (QED) is 0.684. The number of carbonyl (C=O) groups excluding carboxylic acids is 1. The molecule has 0 saturated heterocycles. The molecule has 0 aromatic heterocycles. The average molecular weight is 294 g/mol. The third-order valence-corrected chi connectivity index (χ3v) is 2.98. The molecule has 0 aliphatic rings. The van der Waals surface area contributed by atoms with Crippen LogP contribution in [0.3, 0.4) is 0 Å². The van der Waals surface area contributed by atoms with Crippen LogP contribution in [0.25, 0.3) is 0 Å². The molecule has 1 rings (SSSR count). The number of hydrogen-bond acceptors (Lipinski definition) is 4. The van der Waals surface area contributed by atoms with E-state index in [0.29, 0.717) is 13.2 Å². The molecule has 5 nitrogen and oxygen atoms in total. The summed E-state index contributed by atoms with van der Waals surface area (Å²) in [7, 11) is 1.64. The maximum Gasteiger partial charge on any atom is 0.222 e. The summed E-state index contributed by atoms with van der Waals surface area (Å²) in [6, 6.07) is 5.89. The molecule has 2 N–H and O–H groups in total. The van der Waals surface area contributed by atoms with Gasteiger partial charge in [0.15, 0.2) is 11.5 Å². The summed E-state index contributed by atoms with van der Waals surface area (Å²) in [5.74, 6) is 1.61. The lowest BCUT2D eigenvalue weighted by Gasteiger charge is -2.12. The van der Waals surface area contributed by atoms with Crippen LogP contribution in [0.4, 0.5) is 0 Å². The standard InChI is InChI=1S/C16H26N2O3/c1-5-21-14-7-6-13(10-15(14)20-4)11-17-8-9-18-16(19)12(2)3/h6-7,10,12,17H,5,8-9,11H2,1-4H3,(H,18,19). The van der Waals surface area contributed by atoms with Crippen LogP contribution in [0.15, 0.2) is 18.2 Å². The molecule has 0 fully saturated rings. The fourth-order valence-corrected chi connectivity index (χ4v) is 1.81. The Bertz CT molecular complexity index is 447. The number of methoxy groups -OCH3 is 1. The van der Waals surface area contributed by atoms with Gasteiger partial charge < -0.3 is 20.1 Å². The molecule has 0 atom stereocenters. The second kappa shape index (κ2) is 9.23. The Hall–Kier alpha value is -1.75. The second-order valence-electron chi connectivity index (χ2n) is 5.04. The number of hydrogen-bond donors (Lipinski definition) is 2. The Morgan fingerprint density at radius 1 is 1.24 bits per heavy atom. The van der Waals surface area contributed by atoms with Crippen molar-refractivity contribution in [3.8, 4) is 11.5 Å². The summed E-state index contributed by atoms with van der Waals surface area (Å²) in [6.07, 6.45) is 0. The second-order valence-corrected chi connectivity index (χ2v) is 5.04. The van der Waals surface area contributed by atoms with Gasteiger partial charge in [-0.05, 0) is 24.6 Å².